The van der Waals surface area contributed by atoms with Crippen molar-refractivity contribution >= 4 is 27.5 Å². The minimum absolute atomic E-state index is 0.142. The molecule has 5 heteroatoms. The van der Waals surface area contributed by atoms with Crippen LogP contribution in [0.2, 0.25) is 0 Å². The highest BCUT2D eigenvalue weighted by molar-refractivity contribution is 9.10. The van der Waals surface area contributed by atoms with E-state index >= 15 is 0 Å². The zero-order valence-electron chi connectivity index (χ0n) is 10.9. The fraction of sp³-hybridized carbons (Fsp3) is 0.500. The number of halogens is 1. The zero-order chi connectivity index (χ0) is 13.9. The van der Waals surface area contributed by atoms with Gasteiger partial charge in [0, 0.05) is 4.47 Å². The average molecular weight is 328 g/mol. The number of nitrogens with one attached hydrogen (secondary N) is 1. The number of amides is 1. The summed E-state index contributed by atoms with van der Waals surface area (Å²) in [6, 6.07) is 5.42. The van der Waals surface area contributed by atoms with Gasteiger partial charge in [-0.1, -0.05) is 28.8 Å². The maximum Gasteiger partial charge on any atom is 0.227 e. The van der Waals surface area contributed by atoms with Crippen molar-refractivity contribution in [3.8, 4) is 5.75 Å². The van der Waals surface area contributed by atoms with E-state index in [-0.39, 0.29) is 12.3 Å². The molecule has 0 aliphatic heterocycles. The van der Waals surface area contributed by atoms with Gasteiger partial charge < -0.3 is 15.2 Å². The predicted molar refractivity (Wildman–Crippen MR) is 77.4 cm³/mol. The van der Waals surface area contributed by atoms with Crippen molar-refractivity contribution in [2.75, 3.05) is 12.4 Å². The Hall–Kier alpha value is -1.07. The number of ether oxygens (including phenoxy) is 1. The van der Waals surface area contributed by atoms with Gasteiger partial charge in [0.1, 0.15) is 5.75 Å². The van der Waals surface area contributed by atoms with Crippen LogP contribution in [0.1, 0.15) is 32.1 Å². The van der Waals surface area contributed by atoms with Crippen LogP contribution >= 0.6 is 15.9 Å². The van der Waals surface area contributed by atoms with Crippen LogP contribution in [0.4, 0.5) is 5.69 Å². The molecule has 0 spiro atoms. The molecule has 0 atom stereocenters. The lowest BCUT2D eigenvalue weighted by Gasteiger charge is -2.21. The molecule has 0 aromatic heterocycles. The van der Waals surface area contributed by atoms with E-state index in [0.717, 1.165) is 17.3 Å². The van der Waals surface area contributed by atoms with E-state index in [4.69, 9.17) is 4.74 Å². The molecule has 4 nitrogen and oxygen atoms in total. The van der Waals surface area contributed by atoms with Crippen LogP contribution in [0.3, 0.4) is 0 Å². The van der Waals surface area contributed by atoms with E-state index in [0.29, 0.717) is 24.3 Å². The Morgan fingerprint density at radius 2 is 2.16 bits per heavy atom. The predicted octanol–water partition coefficient (Wildman–Crippen LogP) is 3.09. The highest BCUT2D eigenvalue weighted by Crippen LogP contribution is 2.33. The van der Waals surface area contributed by atoms with E-state index in [1.165, 1.54) is 0 Å². The molecule has 0 saturated heterocycles. The molecule has 1 aliphatic rings. The normalized spacial score (nSPS) is 17.2. The molecule has 1 aliphatic carbocycles. The van der Waals surface area contributed by atoms with Gasteiger partial charge in [0.2, 0.25) is 5.91 Å². The maximum absolute atomic E-state index is 12.0. The van der Waals surface area contributed by atoms with E-state index < -0.39 is 5.60 Å². The first-order valence-electron chi connectivity index (χ1n) is 6.38. The number of benzene rings is 1. The molecular formula is C14H18BrNO3. The van der Waals surface area contributed by atoms with Crippen molar-refractivity contribution in [2.45, 2.75) is 37.7 Å². The van der Waals surface area contributed by atoms with Gasteiger partial charge in [-0.05, 0) is 31.0 Å². The topological polar surface area (TPSA) is 58.6 Å². The summed E-state index contributed by atoms with van der Waals surface area (Å²) in [7, 11) is 1.56. The Morgan fingerprint density at radius 3 is 2.79 bits per heavy atom. The van der Waals surface area contributed by atoms with Gasteiger partial charge in [-0.3, -0.25) is 4.79 Å². The van der Waals surface area contributed by atoms with Crippen molar-refractivity contribution in [3.05, 3.63) is 22.7 Å². The highest BCUT2D eigenvalue weighted by atomic mass is 79.9. The summed E-state index contributed by atoms with van der Waals surface area (Å²) in [5.74, 6) is 0.427. The summed E-state index contributed by atoms with van der Waals surface area (Å²) >= 11 is 3.36. The van der Waals surface area contributed by atoms with Crippen molar-refractivity contribution in [1.82, 2.24) is 0 Å². The van der Waals surface area contributed by atoms with Gasteiger partial charge in [-0.15, -0.1) is 0 Å². The summed E-state index contributed by atoms with van der Waals surface area (Å²) in [6.07, 6.45) is 3.53. The molecule has 1 saturated carbocycles. The van der Waals surface area contributed by atoms with Gasteiger partial charge in [0.25, 0.3) is 0 Å². The first-order chi connectivity index (χ1) is 9.02. The van der Waals surface area contributed by atoms with Gasteiger partial charge >= 0.3 is 0 Å². The number of aliphatic hydroxyl groups is 1. The van der Waals surface area contributed by atoms with E-state index in [2.05, 4.69) is 21.2 Å². The molecule has 0 heterocycles. The second kappa shape index (κ2) is 5.92. The van der Waals surface area contributed by atoms with Crippen LogP contribution in [0.25, 0.3) is 0 Å². The summed E-state index contributed by atoms with van der Waals surface area (Å²) in [5.41, 5.74) is -0.216. The van der Waals surface area contributed by atoms with Crippen LogP contribution in [-0.2, 0) is 4.79 Å². The number of carbonyl (C=O) groups excluding carboxylic acids is 1. The van der Waals surface area contributed by atoms with Crippen molar-refractivity contribution in [2.24, 2.45) is 0 Å². The Bertz CT molecular complexity index is 470. The molecule has 0 radical (unpaired) electrons. The van der Waals surface area contributed by atoms with Crippen LogP contribution in [0.15, 0.2) is 22.7 Å². The molecule has 1 amide bonds. The smallest absolute Gasteiger partial charge is 0.227 e. The summed E-state index contributed by atoms with van der Waals surface area (Å²) in [5, 5.41) is 13.0. The third-order valence-corrected chi connectivity index (χ3v) is 3.95. The third kappa shape index (κ3) is 3.70. The van der Waals surface area contributed by atoms with Crippen LogP contribution in [0.5, 0.6) is 5.75 Å². The number of methoxy groups -OCH3 is 1. The standard InChI is InChI=1S/C14H18BrNO3/c1-19-12-5-4-10(15)8-11(12)16-13(17)9-14(18)6-2-3-7-14/h4-5,8,18H,2-3,6-7,9H2,1H3,(H,16,17). The van der Waals surface area contributed by atoms with E-state index in [1.807, 2.05) is 6.07 Å². The second-order valence-electron chi connectivity index (χ2n) is 5.00. The van der Waals surface area contributed by atoms with E-state index in [1.54, 1.807) is 19.2 Å². The molecule has 0 bridgehead atoms. The summed E-state index contributed by atoms with van der Waals surface area (Å²) in [4.78, 5) is 12.0. The lowest BCUT2D eigenvalue weighted by molar-refractivity contribution is -0.120. The Morgan fingerprint density at radius 1 is 1.47 bits per heavy atom. The first-order valence-corrected chi connectivity index (χ1v) is 7.17. The lowest BCUT2D eigenvalue weighted by atomic mass is 9.97. The fourth-order valence-electron chi connectivity index (χ4n) is 2.48. The minimum Gasteiger partial charge on any atom is -0.495 e. The Kier molecular flexibility index (Phi) is 4.47. The Labute approximate surface area is 121 Å². The highest BCUT2D eigenvalue weighted by Gasteiger charge is 2.33. The first kappa shape index (κ1) is 14.3. The quantitative estimate of drug-likeness (QED) is 0.893. The molecule has 1 aromatic carbocycles. The van der Waals surface area contributed by atoms with Crippen LogP contribution < -0.4 is 10.1 Å². The van der Waals surface area contributed by atoms with Gasteiger partial charge in [-0.2, -0.15) is 0 Å². The number of rotatable bonds is 4. The van der Waals surface area contributed by atoms with Crippen molar-refractivity contribution in [3.63, 3.8) is 0 Å². The lowest BCUT2D eigenvalue weighted by Crippen LogP contribution is -2.30. The molecule has 2 rings (SSSR count). The van der Waals surface area contributed by atoms with Gasteiger partial charge in [-0.25, -0.2) is 0 Å². The Balaban J connectivity index is 2.04. The van der Waals surface area contributed by atoms with E-state index in [9.17, 15) is 9.90 Å². The van der Waals surface area contributed by atoms with Gasteiger partial charge in [0.05, 0.1) is 24.8 Å². The maximum atomic E-state index is 12.0. The SMILES string of the molecule is COc1ccc(Br)cc1NC(=O)CC1(O)CCCC1. The minimum atomic E-state index is -0.830. The zero-order valence-corrected chi connectivity index (χ0v) is 12.5. The largest absolute Gasteiger partial charge is 0.495 e. The monoisotopic (exact) mass is 327 g/mol. The third-order valence-electron chi connectivity index (χ3n) is 3.46. The van der Waals surface area contributed by atoms with Crippen LogP contribution in [-0.4, -0.2) is 23.7 Å². The molecular weight excluding hydrogens is 310 g/mol. The molecule has 1 fully saturated rings. The van der Waals surface area contributed by atoms with Crippen molar-refractivity contribution < 1.29 is 14.6 Å². The molecule has 2 N–H and O–H groups in total. The van der Waals surface area contributed by atoms with Crippen LogP contribution in [0, 0.1) is 0 Å². The number of hydrogen-bond acceptors (Lipinski definition) is 3. The summed E-state index contributed by atoms with van der Waals surface area (Å²) < 4.78 is 6.06. The summed E-state index contributed by atoms with van der Waals surface area (Å²) in [6.45, 7) is 0. The molecule has 1 aromatic rings. The number of anilines is 1. The number of hydrogen-bond donors (Lipinski definition) is 2. The molecule has 104 valence electrons. The number of carbonyl (C=O) groups is 1. The molecule has 19 heavy (non-hydrogen) atoms. The second-order valence-corrected chi connectivity index (χ2v) is 5.92. The van der Waals surface area contributed by atoms with Gasteiger partial charge in [0.15, 0.2) is 0 Å². The fourth-order valence-corrected chi connectivity index (χ4v) is 2.84. The average Bonchev–Trinajstić information content (AvgIpc) is 2.75. The molecule has 0 unspecified atom stereocenters. The van der Waals surface area contributed by atoms with Crippen molar-refractivity contribution in [1.29, 1.82) is 0 Å².